The molecule has 2 aromatic heterocycles. The molecule has 186 valence electrons. The van der Waals surface area contributed by atoms with Gasteiger partial charge in [-0.1, -0.05) is 18.2 Å². The van der Waals surface area contributed by atoms with Gasteiger partial charge in [-0.3, -0.25) is 4.68 Å². The van der Waals surface area contributed by atoms with Crippen LogP contribution < -0.4 is 16.0 Å². The SMILES string of the molecule is Cn1cc(-c2ccc3c(Nc4cccc(NC(=O)Nc5cccc(C(F)(F)F)c5)c4)ncnc3c2)cn1. The molecule has 37 heavy (non-hydrogen) atoms. The number of benzene rings is 3. The zero-order valence-electron chi connectivity index (χ0n) is 19.4. The number of urea groups is 1. The summed E-state index contributed by atoms with van der Waals surface area (Å²) in [7, 11) is 1.85. The molecule has 0 saturated heterocycles. The topological polar surface area (TPSA) is 96.8 Å². The van der Waals surface area contributed by atoms with Gasteiger partial charge in [-0.25, -0.2) is 14.8 Å². The van der Waals surface area contributed by atoms with Gasteiger partial charge in [0.15, 0.2) is 0 Å². The first-order chi connectivity index (χ1) is 17.7. The summed E-state index contributed by atoms with van der Waals surface area (Å²) >= 11 is 0. The van der Waals surface area contributed by atoms with E-state index in [1.165, 1.54) is 18.5 Å². The van der Waals surface area contributed by atoms with Gasteiger partial charge < -0.3 is 16.0 Å². The van der Waals surface area contributed by atoms with Crippen molar-refractivity contribution in [2.75, 3.05) is 16.0 Å². The molecule has 5 aromatic rings. The van der Waals surface area contributed by atoms with Gasteiger partial charge in [0.25, 0.3) is 0 Å². The Balaban J connectivity index is 1.31. The molecule has 0 atom stereocenters. The maximum Gasteiger partial charge on any atom is 0.416 e. The molecule has 0 bridgehead atoms. The molecule has 0 fully saturated rings. The third-order valence-electron chi connectivity index (χ3n) is 5.51. The van der Waals surface area contributed by atoms with Gasteiger partial charge in [-0.15, -0.1) is 0 Å². The summed E-state index contributed by atoms with van der Waals surface area (Å²) in [5.74, 6) is 0.577. The maximum atomic E-state index is 12.9. The lowest BCUT2D eigenvalue weighted by Crippen LogP contribution is -2.19. The van der Waals surface area contributed by atoms with Crippen LogP contribution in [0.5, 0.6) is 0 Å². The lowest BCUT2D eigenvalue weighted by molar-refractivity contribution is -0.137. The number of carbonyl (C=O) groups excluding carboxylic acids is 1. The molecule has 3 aromatic carbocycles. The van der Waals surface area contributed by atoms with Gasteiger partial charge in [0.1, 0.15) is 12.1 Å². The van der Waals surface area contributed by atoms with Crippen molar-refractivity contribution in [3.8, 4) is 11.1 Å². The number of anilines is 4. The van der Waals surface area contributed by atoms with Gasteiger partial charge in [0.05, 0.1) is 17.3 Å². The minimum absolute atomic E-state index is 0.0275. The Morgan fingerprint density at radius 3 is 2.32 bits per heavy atom. The van der Waals surface area contributed by atoms with Crippen molar-refractivity contribution in [1.82, 2.24) is 19.7 Å². The summed E-state index contributed by atoms with van der Waals surface area (Å²) in [6.07, 6.45) is 0.661. The Kier molecular flexibility index (Phi) is 6.18. The summed E-state index contributed by atoms with van der Waals surface area (Å²) in [5, 5.41) is 13.3. The van der Waals surface area contributed by atoms with Crippen molar-refractivity contribution in [3.63, 3.8) is 0 Å². The molecule has 0 aliphatic carbocycles. The van der Waals surface area contributed by atoms with Crippen LogP contribution in [0.3, 0.4) is 0 Å². The van der Waals surface area contributed by atoms with Crippen LogP contribution in [0.15, 0.2) is 85.5 Å². The molecular weight excluding hydrogens is 483 g/mol. The summed E-state index contributed by atoms with van der Waals surface area (Å²) in [6, 6.07) is 16.5. The summed E-state index contributed by atoms with van der Waals surface area (Å²) in [5.41, 5.74) is 2.96. The number of fused-ring (bicyclic) bond motifs is 1. The van der Waals surface area contributed by atoms with Gasteiger partial charge in [-0.05, 0) is 54.1 Å². The highest BCUT2D eigenvalue weighted by atomic mass is 19.4. The largest absolute Gasteiger partial charge is 0.416 e. The molecule has 0 spiro atoms. The van der Waals surface area contributed by atoms with Gasteiger partial charge in [-0.2, -0.15) is 18.3 Å². The van der Waals surface area contributed by atoms with Crippen molar-refractivity contribution < 1.29 is 18.0 Å². The van der Waals surface area contributed by atoms with E-state index in [0.29, 0.717) is 17.2 Å². The molecule has 0 unspecified atom stereocenters. The van der Waals surface area contributed by atoms with Crippen LogP contribution in [-0.4, -0.2) is 25.8 Å². The first-order valence-electron chi connectivity index (χ1n) is 11.1. The van der Waals surface area contributed by atoms with E-state index in [1.807, 2.05) is 31.4 Å². The number of nitrogens with one attached hydrogen (secondary N) is 3. The van der Waals surface area contributed by atoms with Crippen molar-refractivity contribution in [3.05, 3.63) is 91.0 Å². The quantitative estimate of drug-likeness (QED) is 0.257. The highest BCUT2D eigenvalue weighted by Crippen LogP contribution is 2.31. The van der Waals surface area contributed by atoms with Gasteiger partial charge in [0.2, 0.25) is 0 Å². The number of halogens is 3. The van der Waals surface area contributed by atoms with Crippen LogP contribution in [0.2, 0.25) is 0 Å². The van der Waals surface area contributed by atoms with Crippen LogP contribution in [0.1, 0.15) is 5.56 Å². The molecule has 0 radical (unpaired) electrons. The average Bonchev–Trinajstić information content (AvgIpc) is 3.30. The molecule has 0 saturated carbocycles. The van der Waals surface area contributed by atoms with Crippen LogP contribution >= 0.6 is 0 Å². The minimum atomic E-state index is -4.50. The zero-order valence-corrected chi connectivity index (χ0v) is 19.4. The summed E-state index contributed by atoms with van der Waals surface area (Å²) in [4.78, 5) is 21.1. The molecule has 3 N–H and O–H groups in total. The Morgan fingerprint density at radius 2 is 1.59 bits per heavy atom. The molecular formula is C26H20F3N7O. The zero-order chi connectivity index (χ0) is 26.0. The predicted molar refractivity (Wildman–Crippen MR) is 136 cm³/mol. The lowest BCUT2D eigenvalue weighted by atomic mass is 10.1. The Morgan fingerprint density at radius 1 is 0.865 bits per heavy atom. The molecule has 0 aliphatic rings. The highest BCUT2D eigenvalue weighted by molar-refractivity contribution is 6.00. The summed E-state index contributed by atoms with van der Waals surface area (Å²) < 4.78 is 40.5. The highest BCUT2D eigenvalue weighted by Gasteiger charge is 2.30. The third kappa shape index (κ3) is 5.50. The standard InChI is InChI=1S/C26H20F3N7O/c1-36-14-17(13-32-36)16-8-9-22-23(10-16)30-15-31-24(22)33-20-6-3-7-21(12-20)35-25(37)34-19-5-2-4-18(11-19)26(27,28)29/h2-15H,1H3,(H,30,31,33)(H2,34,35,37). The van der Waals surface area contributed by atoms with Crippen LogP contribution in [-0.2, 0) is 13.2 Å². The fraction of sp³-hybridized carbons (Fsp3) is 0.0769. The number of hydrogen-bond donors (Lipinski definition) is 3. The number of alkyl halides is 3. The molecule has 0 aliphatic heterocycles. The van der Waals surface area contributed by atoms with Gasteiger partial charge >= 0.3 is 12.2 Å². The normalized spacial score (nSPS) is 11.4. The number of carbonyl (C=O) groups is 1. The van der Waals surface area contributed by atoms with Crippen molar-refractivity contribution in [2.24, 2.45) is 7.05 Å². The monoisotopic (exact) mass is 503 g/mol. The van der Waals surface area contributed by atoms with Crippen LogP contribution in [0.25, 0.3) is 22.0 Å². The lowest BCUT2D eigenvalue weighted by Gasteiger charge is -2.12. The van der Waals surface area contributed by atoms with E-state index in [4.69, 9.17) is 0 Å². The van der Waals surface area contributed by atoms with E-state index in [1.54, 1.807) is 35.1 Å². The Bertz CT molecular complexity index is 1600. The number of rotatable bonds is 5. The third-order valence-corrected chi connectivity index (χ3v) is 5.51. The fourth-order valence-corrected chi connectivity index (χ4v) is 3.78. The maximum absolute atomic E-state index is 12.9. The number of nitrogens with zero attached hydrogens (tertiary/aromatic N) is 4. The average molecular weight is 503 g/mol. The number of aromatic nitrogens is 4. The van der Waals surface area contributed by atoms with Crippen molar-refractivity contribution >= 4 is 39.8 Å². The predicted octanol–water partition coefficient (Wildman–Crippen LogP) is 6.44. The van der Waals surface area contributed by atoms with E-state index in [2.05, 4.69) is 31.0 Å². The Hall–Kier alpha value is -4.93. The van der Waals surface area contributed by atoms with E-state index in [0.717, 1.165) is 34.2 Å². The fourth-order valence-electron chi connectivity index (χ4n) is 3.78. The number of aryl methyl sites for hydroxylation is 1. The second-order valence-electron chi connectivity index (χ2n) is 8.22. The minimum Gasteiger partial charge on any atom is -0.340 e. The Labute approximate surface area is 209 Å². The van der Waals surface area contributed by atoms with E-state index in [9.17, 15) is 18.0 Å². The van der Waals surface area contributed by atoms with Crippen molar-refractivity contribution in [2.45, 2.75) is 6.18 Å². The van der Waals surface area contributed by atoms with Crippen molar-refractivity contribution in [1.29, 1.82) is 0 Å². The molecule has 8 nitrogen and oxygen atoms in total. The van der Waals surface area contributed by atoms with E-state index >= 15 is 0 Å². The molecule has 2 amide bonds. The smallest absolute Gasteiger partial charge is 0.340 e. The van der Waals surface area contributed by atoms with E-state index in [-0.39, 0.29) is 5.69 Å². The second-order valence-corrected chi connectivity index (χ2v) is 8.22. The first-order valence-corrected chi connectivity index (χ1v) is 11.1. The van der Waals surface area contributed by atoms with Gasteiger partial charge in [0, 0.05) is 41.3 Å². The summed E-state index contributed by atoms with van der Waals surface area (Å²) in [6.45, 7) is 0. The number of hydrogen-bond acceptors (Lipinski definition) is 5. The number of amides is 2. The van der Waals surface area contributed by atoms with Crippen LogP contribution in [0, 0.1) is 0 Å². The van der Waals surface area contributed by atoms with E-state index < -0.39 is 17.8 Å². The van der Waals surface area contributed by atoms with Crippen LogP contribution in [0.4, 0.5) is 40.8 Å². The molecule has 11 heteroatoms. The molecule has 5 rings (SSSR count). The molecule has 2 heterocycles. The first kappa shape index (κ1) is 23.8. The second kappa shape index (κ2) is 9.61.